The maximum absolute atomic E-state index is 12.7. The van der Waals surface area contributed by atoms with Gasteiger partial charge in [0.2, 0.25) is 11.0 Å². The number of carbonyl (C=O) groups is 2. The van der Waals surface area contributed by atoms with Crippen LogP contribution in [0.2, 0.25) is 0 Å². The van der Waals surface area contributed by atoms with E-state index in [1.54, 1.807) is 30.5 Å². The van der Waals surface area contributed by atoms with E-state index in [1.807, 2.05) is 39.8 Å². The van der Waals surface area contributed by atoms with E-state index < -0.39 is 5.41 Å². The molecule has 9 heteroatoms. The lowest BCUT2D eigenvalue weighted by atomic mass is 9.95. The van der Waals surface area contributed by atoms with Crippen molar-refractivity contribution in [3.63, 3.8) is 0 Å². The molecule has 0 fully saturated rings. The highest BCUT2D eigenvalue weighted by molar-refractivity contribution is 8.02. The molecule has 0 saturated heterocycles. The van der Waals surface area contributed by atoms with Crippen molar-refractivity contribution >= 4 is 45.6 Å². The first-order valence-electron chi connectivity index (χ1n) is 9.44. The van der Waals surface area contributed by atoms with Gasteiger partial charge in [0, 0.05) is 16.7 Å². The lowest BCUT2D eigenvalue weighted by Crippen LogP contribution is -2.27. The number of benzene rings is 1. The number of hydrogen-bond acceptors (Lipinski definition) is 8. The average molecular weight is 445 g/mol. The van der Waals surface area contributed by atoms with Crippen LogP contribution in [0, 0.1) is 5.41 Å². The Bertz CT molecular complexity index is 992. The summed E-state index contributed by atoms with van der Waals surface area (Å²) in [5.41, 5.74) is 0.778. The second-order valence-corrected chi connectivity index (χ2v) is 10.3. The van der Waals surface area contributed by atoms with Gasteiger partial charge in [0.1, 0.15) is 5.76 Å². The van der Waals surface area contributed by atoms with Crippen LogP contribution in [-0.4, -0.2) is 27.1 Å². The summed E-state index contributed by atoms with van der Waals surface area (Å²) in [6, 6.07) is 10.7. The summed E-state index contributed by atoms with van der Waals surface area (Å²) in [6.45, 7) is 7.93. The monoisotopic (exact) mass is 444 g/mol. The summed E-state index contributed by atoms with van der Waals surface area (Å²) in [6.07, 6.45) is 1.62. The molecule has 2 N–H and O–H groups in total. The van der Waals surface area contributed by atoms with Crippen molar-refractivity contribution in [1.82, 2.24) is 10.2 Å². The molecule has 0 spiro atoms. The summed E-state index contributed by atoms with van der Waals surface area (Å²) >= 11 is 2.77. The molecule has 0 unspecified atom stereocenters. The molecule has 1 atom stereocenters. The molecule has 2 heterocycles. The van der Waals surface area contributed by atoms with E-state index in [0.717, 1.165) is 5.76 Å². The van der Waals surface area contributed by atoms with Gasteiger partial charge in [-0.15, -0.1) is 10.2 Å². The van der Waals surface area contributed by atoms with Gasteiger partial charge in [0.25, 0.3) is 0 Å². The molecule has 0 saturated carbocycles. The zero-order valence-electron chi connectivity index (χ0n) is 17.3. The third-order valence-corrected chi connectivity index (χ3v) is 6.22. The van der Waals surface area contributed by atoms with Gasteiger partial charge >= 0.3 is 0 Å². The fourth-order valence-electron chi connectivity index (χ4n) is 2.38. The number of carbonyl (C=O) groups excluding carboxylic acids is 2. The molecular formula is C21H24N4O3S2. The van der Waals surface area contributed by atoms with Crippen LogP contribution in [0.25, 0.3) is 0 Å². The van der Waals surface area contributed by atoms with Gasteiger partial charge in [0.05, 0.1) is 18.1 Å². The normalized spacial score (nSPS) is 12.4. The van der Waals surface area contributed by atoms with Crippen molar-refractivity contribution in [2.75, 3.05) is 10.6 Å². The molecule has 7 nitrogen and oxygen atoms in total. The number of anilines is 2. The molecule has 0 aliphatic rings. The van der Waals surface area contributed by atoms with Gasteiger partial charge in [-0.2, -0.15) is 0 Å². The van der Waals surface area contributed by atoms with Crippen molar-refractivity contribution < 1.29 is 14.0 Å². The molecule has 0 radical (unpaired) electrons. The number of amides is 1. The van der Waals surface area contributed by atoms with Crippen molar-refractivity contribution in [1.29, 1.82) is 0 Å². The Balaban J connectivity index is 1.54. The maximum Gasteiger partial charge on any atom is 0.229 e. The first kappa shape index (κ1) is 22.0. The van der Waals surface area contributed by atoms with E-state index in [1.165, 1.54) is 23.1 Å². The highest BCUT2D eigenvalue weighted by atomic mass is 32.2. The van der Waals surface area contributed by atoms with Gasteiger partial charge in [-0.3, -0.25) is 9.59 Å². The highest BCUT2D eigenvalue weighted by Crippen LogP contribution is 2.31. The molecular weight excluding hydrogens is 420 g/mol. The van der Waals surface area contributed by atoms with Crippen molar-refractivity contribution in [3.8, 4) is 0 Å². The molecule has 0 aliphatic carbocycles. The standard InChI is InChI=1S/C21H24N4O3S2/c1-13(29-20-25-24-19(30-20)22-12-16-6-5-11-28-16)17(26)14-7-9-15(10-8-14)23-18(27)21(2,3)4/h5-11,13H,12H2,1-4H3,(H,22,24)(H,23,27)/t13-/m1/s1. The molecule has 1 amide bonds. The van der Waals surface area contributed by atoms with E-state index in [0.29, 0.717) is 27.3 Å². The van der Waals surface area contributed by atoms with E-state index in [2.05, 4.69) is 20.8 Å². The minimum Gasteiger partial charge on any atom is -0.467 e. The van der Waals surface area contributed by atoms with Crippen LogP contribution in [0.15, 0.2) is 51.4 Å². The van der Waals surface area contributed by atoms with Crippen molar-refractivity contribution in [2.24, 2.45) is 5.41 Å². The second-order valence-electron chi connectivity index (χ2n) is 7.71. The number of nitrogens with zero attached hydrogens (tertiary/aromatic N) is 2. The third kappa shape index (κ3) is 5.93. The minimum atomic E-state index is -0.479. The number of Topliss-reactive ketones (excluding diaryl/α,β-unsaturated/α-hetero) is 1. The number of nitrogens with one attached hydrogen (secondary N) is 2. The Hall–Kier alpha value is -2.65. The fourth-order valence-corrected chi connectivity index (χ4v) is 4.35. The molecule has 1 aromatic carbocycles. The van der Waals surface area contributed by atoms with E-state index in [9.17, 15) is 9.59 Å². The lowest BCUT2D eigenvalue weighted by molar-refractivity contribution is -0.123. The Morgan fingerprint density at radius 1 is 1.17 bits per heavy atom. The van der Waals surface area contributed by atoms with Gasteiger partial charge in [-0.25, -0.2) is 0 Å². The van der Waals surface area contributed by atoms with Crippen LogP contribution in [0.5, 0.6) is 0 Å². The number of ketones is 1. The number of rotatable bonds is 8. The van der Waals surface area contributed by atoms with Crippen LogP contribution < -0.4 is 10.6 Å². The summed E-state index contributed by atoms with van der Waals surface area (Å²) in [7, 11) is 0. The van der Waals surface area contributed by atoms with Gasteiger partial charge in [-0.1, -0.05) is 43.9 Å². The largest absolute Gasteiger partial charge is 0.467 e. The average Bonchev–Trinajstić information content (AvgIpc) is 3.37. The van der Waals surface area contributed by atoms with Crippen LogP contribution in [0.4, 0.5) is 10.8 Å². The van der Waals surface area contributed by atoms with Gasteiger partial charge in [-0.05, 0) is 43.3 Å². The third-order valence-electron chi connectivity index (χ3n) is 4.16. The molecule has 3 aromatic rings. The zero-order valence-corrected chi connectivity index (χ0v) is 18.9. The Labute approximate surface area is 183 Å². The van der Waals surface area contributed by atoms with Crippen LogP contribution >= 0.6 is 23.1 Å². The Morgan fingerprint density at radius 2 is 1.90 bits per heavy atom. The van der Waals surface area contributed by atoms with E-state index in [4.69, 9.17) is 4.42 Å². The predicted octanol–water partition coefficient (Wildman–Crippen LogP) is 5.09. The minimum absolute atomic E-state index is 0.00556. The maximum atomic E-state index is 12.7. The highest BCUT2D eigenvalue weighted by Gasteiger charge is 2.22. The van der Waals surface area contributed by atoms with Crippen molar-refractivity contribution in [3.05, 3.63) is 54.0 Å². The number of furan rings is 1. The molecule has 2 aromatic heterocycles. The SMILES string of the molecule is C[C@@H](Sc1nnc(NCc2ccco2)s1)C(=O)c1ccc(NC(=O)C(C)(C)C)cc1. The van der Waals surface area contributed by atoms with Gasteiger partial charge < -0.3 is 15.1 Å². The van der Waals surface area contributed by atoms with Gasteiger partial charge in [0.15, 0.2) is 10.1 Å². The topological polar surface area (TPSA) is 97.1 Å². The summed E-state index contributed by atoms with van der Waals surface area (Å²) < 4.78 is 5.99. The van der Waals surface area contributed by atoms with E-state index in [-0.39, 0.29) is 16.9 Å². The number of hydrogen-bond donors (Lipinski definition) is 2. The number of thioether (sulfide) groups is 1. The first-order valence-corrected chi connectivity index (χ1v) is 11.1. The Kier molecular flexibility index (Phi) is 6.94. The number of aromatic nitrogens is 2. The molecule has 3 rings (SSSR count). The summed E-state index contributed by atoms with van der Waals surface area (Å²) in [5, 5.41) is 14.6. The first-order chi connectivity index (χ1) is 14.2. The quantitative estimate of drug-likeness (QED) is 0.369. The zero-order chi connectivity index (χ0) is 21.7. The lowest BCUT2D eigenvalue weighted by Gasteiger charge is -2.17. The summed E-state index contributed by atoms with van der Waals surface area (Å²) in [4.78, 5) is 24.8. The van der Waals surface area contributed by atoms with Crippen molar-refractivity contribution in [2.45, 2.75) is 43.8 Å². The van der Waals surface area contributed by atoms with Crippen LogP contribution in [0.1, 0.15) is 43.8 Å². The van der Waals surface area contributed by atoms with E-state index >= 15 is 0 Å². The molecule has 0 bridgehead atoms. The van der Waals surface area contributed by atoms with Crippen LogP contribution in [0.3, 0.4) is 0 Å². The molecule has 158 valence electrons. The predicted molar refractivity (Wildman–Crippen MR) is 120 cm³/mol. The smallest absolute Gasteiger partial charge is 0.229 e. The fraction of sp³-hybridized carbons (Fsp3) is 0.333. The van der Waals surface area contributed by atoms with Crippen LogP contribution in [-0.2, 0) is 11.3 Å². The second kappa shape index (κ2) is 9.44. The summed E-state index contributed by atoms with van der Waals surface area (Å²) in [5.74, 6) is 0.734. The Morgan fingerprint density at radius 3 is 2.53 bits per heavy atom. The molecule has 30 heavy (non-hydrogen) atoms. The molecule has 0 aliphatic heterocycles.